The van der Waals surface area contributed by atoms with Gasteiger partial charge in [0.05, 0.1) is 11.2 Å². The van der Waals surface area contributed by atoms with E-state index in [-0.39, 0.29) is 24.5 Å². The van der Waals surface area contributed by atoms with E-state index in [9.17, 15) is 4.79 Å². The first-order valence-corrected chi connectivity index (χ1v) is 10.5. The van der Waals surface area contributed by atoms with Gasteiger partial charge in [0, 0.05) is 36.6 Å². The molecule has 30 heavy (non-hydrogen) atoms. The third-order valence-corrected chi connectivity index (χ3v) is 5.44. The fourth-order valence-electron chi connectivity index (χ4n) is 4.02. The summed E-state index contributed by atoms with van der Waals surface area (Å²) in [4.78, 5) is 16.4. The summed E-state index contributed by atoms with van der Waals surface area (Å²) in [6.07, 6.45) is 12.0. The lowest BCUT2D eigenvalue weighted by Crippen LogP contribution is -2.37. The number of halogens is 1. The van der Waals surface area contributed by atoms with Crippen LogP contribution in [0.1, 0.15) is 45.4 Å². The molecule has 2 heterocycles. The second-order valence-electron chi connectivity index (χ2n) is 7.58. The molecule has 2 aromatic heterocycles. The molecule has 0 atom stereocenters. The van der Waals surface area contributed by atoms with E-state index in [0.29, 0.717) is 5.75 Å². The van der Waals surface area contributed by atoms with Gasteiger partial charge >= 0.3 is 6.09 Å². The lowest BCUT2D eigenvalue weighted by molar-refractivity contribution is 0.192. The number of fused-ring (bicyclic) bond motifs is 1. The van der Waals surface area contributed by atoms with Crippen molar-refractivity contribution in [1.29, 1.82) is 0 Å². The Balaban J connectivity index is 0.00000256. The van der Waals surface area contributed by atoms with Gasteiger partial charge in [-0.1, -0.05) is 26.2 Å². The van der Waals surface area contributed by atoms with Gasteiger partial charge in [-0.2, -0.15) is 0 Å². The number of aromatic nitrogens is 2. The standard InChI is InChI=1S/C23H28N4O2.ClH/c1-2-15-26(20-10-13-24-14-11-20)27-16-12-18-17-21(8-9-22(18)27)29-23(28)25-19-6-4-3-5-7-19;/h8-14,16-17,19H,2-7,15H2,1H3,(H,25,28);1H. The van der Waals surface area contributed by atoms with Crippen LogP contribution in [0.2, 0.25) is 0 Å². The van der Waals surface area contributed by atoms with E-state index >= 15 is 0 Å². The van der Waals surface area contributed by atoms with Crippen LogP contribution in [0.3, 0.4) is 0 Å². The highest BCUT2D eigenvalue weighted by Crippen LogP contribution is 2.25. The predicted molar refractivity (Wildman–Crippen MR) is 122 cm³/mol. The van der Waals surface area contributed by atoms with Crippen LogP contribution < -0.4 is 15.1 Å². The van der Waals surface area contributed by atoms with E-state index in [1.165, 1.54) is 19.3 Å². The van der Waals surface area contributed by atoms with Crippen LogP contribution >= 0.6 is 12.4 Å². The van der Waals surface area contributed by atoms with Crippen molar-refractivity contribution in [3.8, 4) is 5.75 Å². The molecule has 1 aliphatic rings. The van der Waals surface area contributed by atoms with E-state index < -0.39 is 0 Å². The number of benzene rings is 1. The van der Waals surface area contributed by atoms with Crippen molar-refractivity contribution in [3.05, 3.63) is 55.0 Å². The number of pyridine rings is 1. The molecule has 160 valence electrons. The third kappa shape index (κ3) is 5.05. The minimum Gasteiger partial charge on any atom is -0.410 e. The second-order valence-corrected chi connectivity index (χ2v) is 7.58. The first-order chi connectivity index (χ1) is 14.2. The van der Waals surface area contributed by atoms with Crippen molar-refractivity contribution in [1.82, 2.24) is 15.0 Å². The molecule has 1 fully saturated rings. The molecule has 6 nitrogen and oxygen atoms in total. The molecular formula is C23H29ClN4O2. The molecule has 4 rings (SSSR count). The minimum atomic E-state index is -0.361. The normalized spacial score (nSPS) is 14.2. The maximum Gasteiger partial charge on any atom is 0.412 e. The molecule has 1 amide bonds. The summed E-state index contributed by atoms with van der Waals surface area (Å²) >= 11 is 0. The number of hydrogen-bond acceptors (Lipinski definition) is 4. The predicted octanol–water partition coefficient (Wildman–Crippen LogP) is 5.56. The summed E-state index contributed by atoms with van der Waals surface area (Å²) in [7, 11) is 0. The van der Waals surface area contributed by atoms with Crippen LogP contribution in [0.25, 0.3) is 10.9 Å². The van der Waals surface area contributed by atoms with Gasteiger partial charge in [0.15, 0.2) is 0 Å². The van der Waals surface area contributed by atoms with Gasteiger partial charge in [0.1, 0.15) is 5.75 Å². The summed E-state index contributed by atoms with van der Waals surface area (Å²) in [5.41, 5.74) is 2.15. The number of nitrogens with one attached hydrogen (secondary N) is 1. The fraction of sp³-hybridized carbons (Fsp3) is 0.391. The van der Waals surface area contributed by atoms with Crippen molar-refractivity contribution in [2.75, 3.05) is 11.6 Å². The Hall–Kier alpha value is -2.73. The summed E-state index contributed by atoms with van der Waals surface area (Å²) < 4.78 is 7.68. The zero-order valence-electron chi connectivity index (χ0n) is 17.3. The molecule has 0 radical (unpaired) electrons. The van der Waals surface area contributed by atoms with E-state index in [1.807, 2.05) is 42.6 Å². The van der Waals surface area contributed by atoms with E-state index in [1.54, 1.807) is 12.4 Å². The van der Waals surface area contributed by atoms with E-state index in [4.69, 9.17) is 4.74 Å². The monoisotopic (exact) mass is 428 g/mol. The van der Waals surface area contributed by atoms with Gasteiger partial charge in [-0.25, -0.2) is 4.79 Å². The molecule has 0 bridgehead atoms. The van der Waals surface area contributed by atoms with Crippen molar-refractivity contribution in [2.45, 2.75) is 51.5 Å². The van der Waals surface area contributed by atoms with Gasteiger partial charge in [-0.3, -0.25) is 14.7 Å². The molecule has 0 saturated heterocycles. The first-order valence-electron chi connectivity index (χ1n) is 10.5. The van der Waals surface area contributed by atoms with Crippen LogP contribution in [-0.2, 0) is 0 Å². The topological polar surface area (TPSA) is 59.4 Å². The Morgan fingerprint density at radius 2 is 1.93 bits per heavy atom. The molecule has 7 heteroatoms. The number of amides is 1. The van der Waals surface area contributed by atoms with Gasteiger partial charge in [-0.05, 0) is 55.7 Å². The Morgan fingerprint density at radius 3 is 2.67 bits per heavy atom. The molecule has 3 aromatic rings. The quantitative estimate of drug-likeness (QED) is 0.558. The zero-order valence-corrected chi connectivity index (χ0v) is 18.1. The Bertz CT molecular complexity index is 954. The van der Waals surface area contributed by atoms with Crippen LogP contribution in [-0.4, -0.2) is 28.3 Å². The second kappa shape index (κ2) is 10.3. The number of nitrogens with zero attached hydrogens (tertiary/aromatic N) is 3. The summed E-state index contributed by atoms with van der Waals surface area (Å²) in [6.45, 7) is 3.05. The Morgan fingerprint density at radius 1 is 1.17 bits per heavy atom. The van der Waals surface area contributed by atoms with Crippen LogP contribution in [0.4, 0.5) is 10.5 Å². The fourth-order valence-corrected chi connectivity index (χ4v) is 4.02. The Labute approximate surface area is 183 Å². The molecule has 1 N–H and O–H groups in total. The SMILES string of the molecule is CCCN(c1ccncc1)n1ccc2cc(OC(=O)NC3CCCCC3)ccc21.Cl. The summed E-state index contributed by atoms with van der Waals surface area (Å²) in [6, 6.07) is 12.1. The number of carbonyl (C=O) groups is 1. The number of ether oxygens (including phenoxy) is 1. The number of anilines is 1. The first kappa shape index (κ1) is 22.0. The molecule has 1 aromatic carbocycles. The van der Waals surface area contributed by atoms with Crippen molar-refractivity contribution in [3.63, 3.8) is 0 Å². The maximum absolute atomic E-state index is 12.2. The highest BCUT2D eigenvalue weighted by Gasteiger charge is 2.17. The average Bonchev–Trinajstić information content (AvgIpc) is 3.16. The van der Waals surface area contributed by atoms with Gasteiger partial charge < -0.3 is 10.1 Å². The van der Waals surface area contributed by atoms with Gasteiger partial charge in [0.2, 0.25) is 0 Å². The van der Waals surface area contributed by atoms with Crippen molar-refractivity contribution in [2.24, 2.45) is 0 Å². The third-order valence-electron chi connectivity index (χ3n) is 5.44. The van der Waals surface area contributed by atoms with Gasteiger partial charge in [-0.15, -0.1) is 12.4 Å². The number of rotatable bonds is 6. The van der Waals surface area contributed by atoms with Crippen LogP contribution in [0.5, 0.6) is 5.75 Å². The lowest BCUT2D eigenvalue weighted by Gasteiger charge is -2.26. The number of carbonyl (C=O) groups excluding carboxylic acids is 1. The minimum absolute atomic E-state index is 0. The molecule has 1 saturated carbocycles. The highest BCUT2D eigenvalue weighted by molar-refractivity contribution is 5.85. The van der Waals surface area contributed by atoms with E-state index in [0.717, 1.165) is 42.4 Å². The zero-order chi connectivity index (χ0) is 20.1. The lowest BCUT2D eigenvalue weighted by atomic mass is 9.96. The van der Waals surface area contributed by atoms with E-state index in [2.05, 4.69) is 26.9 Å². The molecule has 0 spiro atoms. The van der Waals surface area contributed by atoms with Crippen LogP contribution in [0, 0.1) is 0 Å². The molecule has 0 unspecified atom stereocenters. The highest BCUT2D eigenvalue weighted by atomic mass is 35.5. The number of hydrogen-bond donors (Lipinski definition) is 1. The largest absolute Gasteiger partial charge is 0.412 e. The smallest absolute Gasteiger partial charge is 0.410 e. The van der Waals surface area contributed by atoms with Crippen molar-refractivity contribution >= 4 is 35.1 Å². The molecular weight excluding hydrogens is 400 g/mol. The Kier molecular flexibility index (Phi) is 7.57. The molecule has 0 aliphatic heterocycles. The summed E-state index contributed by atoms with van der Waals surface area (Å²) in [5, 5.41) is 6.25. The summed E-state index contributed by atoms with van der Waals surface area (Å²) in [5.74, 6) is 0.564. The average molecular weight is 429 g/mol. The molecule has 1 aliphatic carbocycles. The maximum atomic E-state index is 12.2. The van der Waals surface area contributed by atoms with Crippen LogP contribution in [0.15, 0.2) is 55.0 Å². The van der Waals surface area contributed by atoms with Gasteiger partial charge in [0.25, 0.3) is 0 Å². The van der Waals surface area contributed by atoms with Crippen molar-refractivity contribution < 1.29 is 9.53 Å².